The first kappa shape index (κ1) is 13.4. The number of aryl methyl sites for hydroxylation is 1. The molecule has 0 radical (unpaired) electrons. The van der Waals surface area contributed by atoms with E-state index in [0.29, 0.717) is 0 Å². The molecule has 1 nitrogen and oxygen atoms in total. The summed E-state index contributed by atoms with van der Waals surface area (Å²) in [7, 11) is 0. The molecule has 0 fully saturated rings. The minimum absolute atomic E-state index is 0.757. The van der Waals surface area contributed by atoms with Crippen LogP contribution in [0.4, 0.5) is 11.4 Å². The average Bonchev–Trinajstić information content (AvgIpc) is 2.33. The first-order chi connectivity index (χ1) is 8.61. The zero-order valence-electron chi connectivity index (χ0n) is 10.5. The molecule has 94 valence electrons. The number of rotatable bonds is 3. The van der Waals surface area contributed by atoms with Crippen molar-refractivity contribution in [3.8, 4) is 0 Å². The predicted molar refractivity (Wildman–Crippen MR) is 83.0 cm³/mol. The summed E-state index contributed by atoms with van der Waals surface area (Å²) in [4.78, 5) is 2.21. The smallest absolute Gasteiger partial charge is 0.0654 e. The van der Waals surface area contributed by atoms with Crippen molar-refractivity contribution >= 4 is 38.9 Å². The maximum absolute atomic E-state index is 6.32. The van der Waals surface area contributed by atoms with Crippen molar-refractivity contribution in [3.05, 3.63) is 57.5 Å². The second-order valence-electron chi connectivity index (χ2n) is 4.18. The molecule has 0 unspecified atom stereocenters. The Morgan fingerprint density at radius 2 is 1.94 bits per heavy atom. The number of hydrogen-bond acceptors (Lipinski definition) is 1. The highest BCUT2D eigenvalue weighted by atomic mass is 79.9. The third kappa shape index (κ3) is 2.88. The Balaban J connectivity index is 2.45. The zero-order chi connectivity index (χ0) is 13.1. The lowest BCUT2D eigenvalue weighted by Gasteiger charge is -2.24. The second kappa shape index (κ2) is 5.77. The van der Waals surface area contributed by atoms with Gasteiger partial charge in [-0.15, -0.1) is 0 Å². The summed E-state index contributed by atoms with van der Waals surface area (Å²) in [5, 5.41) is 0.757. The molecule has 18 heavy (non-hydrogen) atoms. The number of anilines is 2. The highest BCUT2D eigenvalue weighted by Gasteiger charge is 2.11. The topological polar surface area (TPSA) is 3.24 Å². The molecule has 0 heterocycles. The van der Waals surface area contributed by atoms with Crippen LogP contribution in [0.2, 0.25) is 5.02 Å². The molecule has 0 saturated heterocycles. The summed E-state index contributed by atoms with van der Waals surface area (Å²) in [5.74, 6) is 0. The van der Waals surface area contributed by atoms with Gasteiger partial charge in [0.05, 0.1) is 10.7 Å². The molecule has 0 aliphatic carbocycles. The molecule has 0 spiro atoms. The molecule has 2 aromatic carbocycles. The standard InChI is InChI=1S/C15H15BrClN/c1-3-18(13-6-4-5-11(2)9-13)15-8-7-12(16)10-14(15)17/h4-10H,3H2,1-2H3. The van der Waals surface area contributed by atoms with Crippen LogP contribution < -0.4 is 4.90 Å². The summed E-state index contributed by atoms with van der Waals surface area (Å²) >= 11 is 9.75. The Morgan fingerprint density at radius 1 is 1.17 bits per heavy atom. The lowest BCUT2D eigenvalue weighted by Crippen LogP contribution is -2.16. The SMILES string of the molecule is CCN(c1cccc(C)c1)c1ccc(Br)cc1Cl. The van der Waals surface area contributed by atoms with Crippen LogP contribution in [0.3, 0.4) is 0 Å². The van der Waals surface area contributed by atoms with Crippen molar-refractivity contribution in [1.82, 2.24) is 0 Å². The van der Waals surface area contributed by atoms with Gasteiger partial charge in [0, 0.05) is 16.7 Å². The van der Waals surface area contributed by atoms with E-state index < -0.39 is 0 Å². The molecule has 0 aliphatic heterocycles. The van der Waals surface area contributed by atoms with Crippen molar-refractivity contribution in [2.24, 2.45) is 0 Å². The molecule has 0 amide bonds. The fourth-order valence-corrected chi connectivity index (χ4v) is 2.76. The van der Waals surface area contributed by atoms with Gasteiger partial charge in [-0.2, -0.15) is 0 Å². The largest absolute Gasteiger partial charge is 0.341 e. The van der Waals surface area contributed by atoms with E-state index in [4.69, 9.17) is 11.6 Å². The average molecular weight is 325 g/mol. The van der Waals surface area contributed by atoms with Gasteiger partial charge >= 0.3 is 0 Å². The predicted octanol–water partition coefficient (Wildman–Crippen LogP) is 5.57. The Kier molecular flexibility index (Phi) is 4.31. The molecule has 0 aromatic heterocycles. The molecule has 0 N–H and O–H groups in total. The van der Waals surface area contributed by atoms with Crippen LogP contribution in [0.1, 0.15) is 12.5 Å². The highest BCUT2D eigenvalue weighted by molar-refractivity contribution is 9.10. The van der Waals surface area contributed by atoms with E-state index in [1.807, 2.05) is 18.2 Å². The minimum Gasteiger partial charge on any atom is -0.341 e. The number of nitrogens with zero attached hydrogens (tertiary/aromatic N) is 1. The zero-order valence-corrected chi connectivity index (χ0v) is 12.8. The summed E-state index contributed by atoms with van der Waals surface area (Å²) < 4.78 is 0.997. The Morgan fingerprint density at radius 3 is 2.56 bits per heavy atom. The lowest BCUT2D eigenvalue weighted by atomic mass is 10.2. The number of hydrogen-bond donors (Lipinski definition) is 0. The van der Waals surface area contributed by atoms with E-state index in [0.717, 1.165) is 21.7 Å². The van der Waals surface area contributed by atoms with E-state index in [2.05, 4.69) is 58.9 Å². The van der Waals surface area contributed by atoms with Crippen molar-refractivity contribution < 1.29 is 0 Å². The highest BCUT2D eigenvalue weighted by Crippen LogP contribution is 2.33. The number of benzene rings is 2. The molecule has 2 aromatic rings. The normalized spacial score (nSPS) is 10.4. The van der Waals surface area contributed by atoms with Crippen LogP contribution in [0.15, 0.2) is 46.9 Å². The van der Waals surface area contributed by atoms with Gasteiger partial charge in [0.1, 0.15) is 0 Å². The minimum atomic E-state index is 0.757. The summed E-state index contributed by atoms with van der Waals surface area (Å²) in [6, 6.07) is 14.4. The van der Waals surface area contributed by atoms with Crippen molar-refractivity contribution in [2.75, 3.05) is 11.4 Å². The Hall–Kier alpha value is -0.990. The van der Waals surface area contributed by atoms with Crippen LogP contribution in [0.5, 0.6) is 0 Å². The molecular formula is C15H15BrClN. The van der Waals surface area contributed by atoms with Gasteiger partial charge in [0.25, 0.3) is 0 Å². The molecular weight excluding hydrogens is 310 g/mol. The second-order valence-corrected chi connectivity index (χ2v) is 5.50. The van der Waals surface area contributed by atoms with Crippen LogP contribution in [-0.2, 0) is 0 Å². The quantitative estimate of drug-likeness (QED) is 0.713. The van der Waals surface area contributed by atoms with E-state index in [1.165, 1.54) is 11.3 Å². The molecule has 0 aliphatic rings. The van der Waals surface area contributed by atoms with Gasteiger partial charge in [-0.1, -0.05) is 39.7 Å². The maximum Gasteiger partial charge on any atom is 0.0654 e. The Labute approximate surface area is 122 Å². The van der Waals surface area contributed by atoms with Gasteiger partial charge in [-0.3, -0.25) is 0 Å². The lowest BCUT2D eigenvalue weighted by molar-refractivity contribution is 1.02. The van der Waals surface area contributed by atoms with Gasteiger partial charge < -0.3 is 4.90 Å². The summed E-state index contributed by atoms with van der Waals surface area (Å²) in [6.07, 6.45) is 0. The molecule has 3 heteroatoms. The molecule has 0 atom stereocenters. The van der Waals surface area contributed by atoms with Crippen molar-refractivity contribution in [1.29, 1.82) is 0 Å². The van der Waals surface area contributed by atoms with Crippen LogP contribution >= 0.6 is 27.5 Å². The van der Waals surface area contributed by atoms with Gasteiger partial charge in [0.2, 0.25) is 0 Å². The van der Waals surface area contributed by atoms with E-state index >= 15 is 0 Å². The monoisotopic (exact) mass is 323 g/mol. The van der Waals surface area contributed by atoms with Crippen molar-refractivity contribution in [2.45, 2.75) is 13.8 Å². The molecule has 0 saturated carbocycles. The van der Waals surface area contributed by atoms with E-state index in [-0.39, 0.29) is 0 Å². The van der Waals surface area contributed by atoms with E-state index in [1.54, 1.807) is 0 Å². The van der Waals surface area contributed by atoms with Gasteiger partial charge in [-0.05, 0) is 49.7 Å². The van der Waals surface area contributed by atoms with Gasteiger partial charge in [-0.25, -0.2) is 0 Å². The fraction of sp³-hybridized carbons (Fsp3) is 0.200. The number of halogens is 2. The third-order valence-corrected chi connectivity index (χ3v) is 3.63. The van der Waals surface area contributed by atoms with Crippen LogP contribution in [0.25, 0.3) is 0 Å². The Bertz CT molecular complexity index is 554. The first-order valence-corrected chi connectivity index (χ1v) is 7.08. The van der Waals surface area contributed by atoms with Gasteiger partial charge in [0.15, 0.2) is 0 Å². The molecule has 0 bridgehead atoms. The van der Waals surface area contributed by atoms with Crippen molar-refractivity contribution in [3.63, 3.8) is 0 Å². The molecule has 2 rings (SSSR count). The van der Waals surface area contributed by atoms with Crippen LogP contribution in [-0.4, -0.2) is 6.54 Å². The maximum atomic E-state index is 6.32. The summed E-state index contributed by atoms with van der Waals surface area (Å²) in [5.41, 5.74) is 3.45. The van der Waals surface area contributed by atoms with E-state index in [9.17, 15) is 0 Å². The summed E-state index contributed by atoms with van der Waals surface area (Å²) in [6.45, 7) is 5.10. The van der Waals surface area contributed by atoms with Crippen LogP contribution in [0, 0.1) is 6.92 Å². The first-order valence-electron chi connectivity index (χ1n) is 5.91. The fourth-order valence-electron chi connectivity index (χ4n) is 1.99. The third-order valence-electron chi connectivity index (χ3n) is 2.83.